The molecule has 0 aliphatic carbocycles. The molecule has 3 heterocycles. The van der Waals surface area contributed by atoms with Gasteiger partial charge in [0.25, 0.3) is 11.5 Å². The zero-order valence-corrected chi connectivity index (χ0v) is 15.9. The van der Waals surface area contributed by atoms with Crippen LogP contribution in [-0.2, 0) is 9.53 Å². The van der Waals surface area contributed by atoms with Gasteiger partial charge in [-0.25, -0.2) is 9.78 Å². The highest BCUT2D eigenvalue weighted by Gasteiger charge is 2.47. The number of aromatic nitrogens is 3. The van der Waals surface area contributed by atoms with E-state index in [9.17, 15) is 24.6 Å². The summed E-state index contributed by atoms with van der Waals surface area (Å²) in [7, 11) is 0. The normalized spacial score (nSPS) is 22.8. The maximum absolute atomic E-state index is 12.6. The standard InChI is InChI=1S/C20H18N4O7/c25-13-8-9-24(20(29)23-13)19-16(27)15(26)17(31-19)18(28)22-11-6-7-14(21-10-11)30-12-4-2-1-3-5-12/h1-10,15-17,19,26-27H,(H,22,28)(H,23,25,29)/t15-,16+,17-,19+/m0/s1. The van der Waals surface area contributed by atoms with Crippen LogP contribution in [0, 0.1) is 0 Å². The number of hydrogen-bond donors (Lipinski definition) is 4. The van der Waals surface area contributed by atoms with Crippen molar-refractivity contribution in [2.75, 3.05) is 5.32 Å². The number of para-hydroxylation sites is 1. The van der Waals surface area contributed by atoms with Crippen molar-refractivity contribution >= 4 is 11.6 Å². The summed E-state index contributed by atoms with van der Waals surface area (Å²) in [6.07, 6.45) is -3.51. The maximum atomic E-state index is 12.6. The Hall–Kier alpha value is -3.80. The van der Waals surface area contributed by atoms with Gasteiger partial charge in [-0.05, 0) is 18.2 Å². The number of benzene rings is 1. The van der Waals surface area contributed by atoms with Gasteiger partial charge < -0.3 is 25.0 Å². The van der Waals surface area contributed by atoms with Crippen LogP contribution in [0.4, 0.5) is 5.69 Å². The molecule has 160 valence electrons. The fourth-order valence-electron chi connectivity index (χ4n) is 3.07. The second-order valence-electron chi connectivity index (χ2n) is 6.74. The van der Waals surface area contributed by atoms with Crippen molar-refractivity contribution in [3.8, 4) is 11.6 Å². The third-order valence-electron chi connectivity index (χ3n) is 4.59. The van der Waals surface area contributed by atoms with Crippen molar-refractivity contribution in [1.29, 1.82) is 0 Å². The van der Waals surface area contributed by atoms with Gasteiger partial charge in [0.05, 0.1) is 11.9 Å². The number of rotatable bonds is 5. The molecular weight excluding hydrogens is 408 g/mol. The molecular formula is C20H18N4O7. The summed E-state index contributed by atoms with van der Waals surface area (Å²) in [4.78, 5) is 41.8. The van der Waals surface area contributed by atoms with Gasteiger partial charge >= 0.3 is 5.69 Å². The number of anilines is 1. The van der Waals surface area contributed by atoms with Crippen molar-refractivity contribution in [2.45, 2.75) is 24.5 Å². The van der Waals surface area contributed by atoms with Gasteiger partial charge in [0.15, 0.2) is 12.3 Å². The molecule has 1 aliphatic heterocycles. The summed E-state index contributed by atoms with van der Waals surface area (Å²) in [6.45, 7) is 0. The molecule has 1 amide bonds. The fraction of sp³-hybridized carbons (Fsp3) is 0.200. The van der Waals surface area contributed by atoms with Crippen molar-refractivity contribution < 1.29 is 24.5 Å². The molecule has 4 rings (SSSR count). The molecule has 0 bridgehead atoms. The summed E-state index contributed by atoms with van der Waals surface area (Å²) < 4.78 is 11.9. The lowest BCUT2D eigenvalue weighted by atomic mass is 10.1. The second-order valence-corrected chi connectivity index (χ2v) is 6.74. The van der Waals surface area contributed by atoms with Crippen LogP contribution in [-0.4, -0.2) is 49.0 Å². The summed E-state index contributed by atoms with van der Waals surface area (Å²) in [5.41, 5.74) is -1.17. The van der Waals surface area contributed by atoms with E-state index < -0.39 is 41.7 Å². The van der Waals surface area contributed by atoms with Crippen molar-refractivity contribution in [3.63, 3.8) is 0 Å². The number of hydrogen-bond acceptors (Lipinski definition) is 8. The first kappa shape index (κ1) is 20.5. The Bertz CT molecular complexity index is 1180. The van der Waals surface area contributed by atoms with Crippen LogP contribution in [0.15, 0.2) is 70.5 Å². The molecule has 0 radical (unpaired) electrons. The smallest absolute Gasteiger partial charge is 0.330 e. The number of ether oxygens (including phenoxy) is 2. The van der Waals surface area contributed by atoms with Crippen LogP contribution in [0.1, 0.15) is 6.23 Å². The van der Waals surface area contributed by atoms with E-state index in [4.69, 9.17) is 9.47 Å². The molecule has 0 unspecified atom stereocenters. The zero-order chi connectivity index (χ0) is 22.0. The highest BCUT2D eigenvalue weighted by molar-refractivity contribution is 5.94. The molecule has 4 N–H and O–H groups in total. The van der Waals surface area contributed by atoms with Gasteiger partial charge in [0.2, 0.25) is 5.88 Å². The predicted octanol–water partition coefficient (Wildman–Crippen LogP) is -0.0182. The van der Waals surface area contributed by atoms with Crippen LogP contribution in [0.25, 0.3) is 0 Å². The monoisotopic (exact) mass is 426 g/mol. The number of amides is 1. The Kier molecular flexibility index (Phi) is 5.62. The number of aliphatic hydroxyl groups is 2. The lowest BCUT2D eigenvalue weighted by Gasteiger charge is -2.16. The lowest BCUT2D eigenvalue weighted by molar-refractivity contribution is -0.132. The summed E-state index contributed by atoms with van der Waals surface area (Å²) in [6, 6.07) is 13.2. The third kappa shape index (κ3) is 4.38. The minimum Gasteiger partial charge on any atom is -0.439 e. The number of H-pyrrole nitrogens is 1. The minimum atomic E-state index is -1.60. The average molecular weight is 426 g/mol. The van der Waals surface area contributed by atoms with E-state index in [1.807, 2.05) is 23.2 Å². The van der Waals surface area contributed by atoms with Crippen molar-refractivity contribution in [3.05, 3.63) is 81.8 Å². The molecule has 0 saturated carbocycles. The summed E-state index contributed by atoms with van der Waals surface area (Å²) >= 11 is 0. The number of nitrogens with one attached hydrogen (secondary N) is 2. The number of aromatic amines is 1. The van der Waals surface area contributed by atoms with E-state index in [1.54, 1.807) is 24.3 Å². The van der Waals surface area contributed by atoms with Crippen LogP contribution < -0.4 is 21.3 Å². The van der Waals surface area contributed by atoms with Crippen LogP contribution >= 0.6 is 0 Å². The Morgan fingerprint density at radius 3 is 2.55 bits per heavy atom. The molecule has 3 aromatic rings. The van der Waals surface area contributed by atoms with Crippen LogP contribution in [0.5, 0.6) is 11.6 Å². The molecule has 1 fully saturated rings. The largest absolute Gasteiger partial charge is 0.439 e. The maximum Gasteiger partial charge on any atom is 0.330 e. The molecule has 4 atom stereocenters. The van der Waals surface area contributed by atoms with Gasteiger partial charge in [-0.15, -0.1) is 0 Å². The molecule has 1 aromatic carbocycles. The van der Waals surface area contributed by atoms with E-state index in [1.165, 1.54) is 6.20 Å². The Morgan fingerprint density at radius 1 is 1.10 bits per heavy atom. The van der Waals surface area contributed by atoms with Crippen LogP contribution in [0.2, 0.25) is 0 Å². The summed E-state index contributed by atoms with van der Waals surface area (Å²) in [5, 5.41) is 23.0. The third-order valence-corrected chi connectivity index (χ3v) is 4.59. The van der Waals surface area contributed by atoms with E-state index in [2.05, 4.69) is 10.3 Å². The van der Waals surface area contributed by atoms with E-state index >= 15 is 0 Å². The average Bonchev–Trinajstić information content (AvgIpc) is 3.05. The number of nitrogens with zero attached hydrogens (tertiary/aromatic N) is 2. The van der Waals surface area contributed by atoms with Gasteiger partial charge in [-0.3, -0.25) is 19.1 Å². The van der Waals surface area contributed by atoms with Gasteiger partial charge in [-0.1, -0.05) is 18.2 Å². The fourth-order valence-corrected chi connectivity index (χ4v) is 3.07. The summed E-state index contributed by atoms with van der Waals surface area (Å²) in [5.74, 6) is 0.172. The first-order valence-electron chi connectivity index (χ1n) is 9.25. The minimum absolute atomic E-state index is 0.306. The molecule has 1 saturated heterocycles. The number of pyridine rings is 1. The van der Waals surface area contributed by atoms with Crippen LogP contribution in [0.3, 0.4) is 0 Å². The first-order valence-corrected chi connectivity index (χ1v) is 9.25. The van der Waals surface area contributed by atoms with E-state index in [0.29, 0.717) is 17.3 Å². The van der Waals surface area contributed by atoms with E-state index in [-0.39, 0.29) is 0 Å². The van der Waals surface area contributed by atoms with Gasteiger partial charge in [-0.2, -0.15) is 0 Å². The molecule has 0 spiro atoms. The highest BCUT2D eigenvalue weighted by atomic mass is 16.6. The SMILES string of the molecule is O=C(Nc1ccc(Oc2ccccc2)nc1)[C@H]1O[C@@H](n2ccc(=O)[nH]c2=O)[C@H](O)[C@@H]1O. The zero-order valence-electron chi connectivity index (χ0n) is 15.9. The second kappa shape index (κ2) is 8.52. The number of aliphatic hydroxyl groups excluding tert-OH is 2. The molecule has 1 aliphatic rings. The quantitative estimate of drug-likeness (QED) is 0.444. The lowest BCUT2D eigenvalue weighted by Crippen LogP contribution is -2.39. The predicted molar refractivity (Wildman–Crippen MR) is 107 cm³/mol. The van der Waals surface area contributed by atoms with Crippen molar-refractivity contribution in [2.24, 2.45) is 0 Å². The Morgan fingerprint density at radius 2 is 1.87 bits per heavy atom. The molecule has 11 nitrogen and oxygen atoms in total. The Balaban J connectivity index is 1.43. The first-order chi connectivity index (χ1) is 14.9. The molecule has 2 aromatic heterocycles. The van der Waals surface area contributed by atoms with Gasteiger partial charge in [0.1, 0.15) is 18.0 Å². The molecule has 11 heteroatoms. The molecule has 31 heavy (non-hydrogen) atoms. The van der Waals surface area contributed by atoms with Crippen molar-refractivity contribution in [1.82, 2.24) is 14.5 Å². The topological polar surface area (TPSA) is 156 Å². The van der Waals surface area contributed by atoms with Gasteiger partial charge in [0, 0.05) is 18.3 Å². The van der Waals surface area contributed by atoms with E-state index in [0.717, 1.165) is 16.8 Å². The highest BCUT2D eigenvalue weighted by Crippen LogP contribution is 2.29. The number of carbonyl (C=O) groups is 1. The number of carbonyl (C=O) groups excluding carboxylic acids is 1. The Labute approximate surface area is 174 Å².